The van der Waals surface area contributed by atoms with Gasteiger partial charge in [0.1, 0.15) is 17.4 Å². The number of rotatable bonds is 6. The fraction of sp³-hybridized carbons (Fsp3) is 0.476. The first kappa shape index (κ1) is 20.6. The minimum Gasteiger partial charge on any atom is -0.443 e. The molecule has 1 saturated carbocycles. The van der Waals surface area contributed by atoms with Crippen LogP contribution in [0.5, 0.6) is 10.8 Å². The Morgan fingerprint density at radius 3 is 2.82 bits per heavy atom. The summed E-state index contributed by atoms with van der Waals surface area (Å²) in [6.07, 6.45) is 7.63. The Labute approximate surface area is 175 Å². The van der Waals surface area contributed by atoms with Crippen molar-refractivity contribution in [1.29, 1.82) is 5.26 Å². The molecule has 0 aliphatic heterocycles. The van der Waals surface area contributed by atoms with Gasteiger partial charge in [-0.2, -0.15) is 9.64 Å². The molecule has 0 atom stereocenters. The van der Waals surface area contributed by atoms with E-state index in [4.69, 9.17) is 16.3 Å². The van der Waals surface area contributed by atoms with Crippen LogP contribution in [0.25, 0.3) is 0 Å². The Morgan fingerprint density at radius 2 is 2.14 bits per heavy atom. The summed E-state index contributed by atoms with van der Waals surface area (Å²) in [6, 6.07) is 5.96. The molecule has 1 aromatic carbocycles. The molecular formula is C21H25ClN4OS. The van der Waals surface area contributed by atoms with Gasteiger partial charge in [-0.25, -0.2) is 4.99 Å². The molecule has 148 valence electrons. The van der Waals surface area contributed by atoms with Crippen LogP contribution >= 0.6 is 23.1 Å². The van der Waals surface area contributed by atoms with Crippen LogP contribution in [0.3, 0.4) is 0 Å². The van der Waals surface area contributed by atoms with Crippen molar-refractivity contribution in [2.75, 3.05) is 13.6 Å². The van der Waals surface area contributed by atoms with Crippen LogP contribution in [0, 0.1) is 18.3 Å². The molecule has 1 aromatic heterocycles. The minimum atomic E-state index is 0.369. The fourth-order valence-corrected chi connectivity index (χ4v) is 4.31. The van der Waals surface area contributed by atoms with E-state index in [9.17, 15) is 5.26 Å². The maximum atomic E-state index is 9.70. The molecule has 3 rings (SSSR count). The molecule has 1 heterocycles. The van der Waals surface area contributed by atoms with Gasteiger partial charge in [-0.3, -0.25) is 0 Å². The van der Waals surface area contributed by atoms with Gasteiger partial charge < -0.3 is 9.64 Å². The lowest BCUT2D eigenvalue weighted by Crippen LogP contribution is -2.14. The highest BCUT2D eigenvalue weighted by Crippen LogP contribution is 2.41. The van der Waals surface area contributed by atoms with Gasteiger partial charge in [0.25, 0.3) is 0 Å². The lowest BCUT2D eigenvalue weighted by atomic mass is 9.86. The zero-order chi connectivity index (χ0) is 20.1. The number of aromatic nitrogens is 1. The highest BCUT2D eigenvalue weighted by molar-refractivity contribution is 7.08. The summed E-state index contributed by atoms with van der Waals surface area (Å²) in [5.41, 5.74) is 3.07. The summed E-state index contributed by atoms with van der Waals surface area (Å²) in [7, 11) is 1.96. The number of aliphatic imine (C=N–C) groups is 1. The molecule has 1 aliphatic carbocycles. The SMILES string of the molecule is CCN(C)C=Nc1cc(C)c(Oc2snc(C3CCCCC3)c2C#N)cc1Cl. The molecule has 1 fully saturated rings. The zero-order valence-electron chi connectivity index (χ0n) is 16.5. The summed E-state index contributed by atoms with van der Waals surface area (Å²) in [6.45, 7) is 4.87. The number of hydrogen-bond acceptors (Lipinski definition) is 5. The number of halogens is 1. The molecular weight excluding hydrogens is 392 g/mol. The molecule has 0 unspecified atom stereocenters. The monoisotopic (exact) mass is 416 g/mol. The molecule has 0 bridgehead atoms. The normalized spacial score (nSPS) is 15.0. The Bertz CT molecular complexity index is 897. The number of nitriles is 1. The van der Waals surface area contributed by atoms with Gasteiger partial charge in [-0.1, -0.05) is 30.9 Å². The van der Waals surface area contributed by atoms with Crippen molar-refractivity contribution in [3.8, 4) is 16.9 Å². The predicted molar refractivity (Wildman–Crippen MR) is 115 cm³/mol. The standard InChI is InChI=1S/C21H25ClN4OS/c1-4-26(3)13-24-18-10-14(2)19(11-17(18)22)27-21-16(12-23)20(25-28-21)15-8-6-5-7-9-15/h10-11,13,15H,4-9H2,1-3H3. The summed E-state index contributed by atoms with van der Waals surface area (Å²) in [5, 5.41) is 10.8. The first-order chi connectivity index (χ1) is 13.5. The van der Waals surface area contributed by atoms with E-state index >= 15 is 0 Å². The van der Waals surface area contributed by atoms with E-state index in [0.717, 1.165) is 30.6 Å². The van der Waals surface area contributed by atoms with E-state index in [1.807, 2.05) is 24.9 Å². The average Bonchev–Trinajstić information content (AvgIpc) is 3.12. The van der Waals surface area contributed by atoms with Crippen LogP contribution in [0.1, 0.15) is 61.8 Å². The largest absolute Gasteiger partial charge is 0.443 e. The second-order valence-corrected chi connectivity index (χ2v) is 8.31. The maximum absolute atomic E-state index is 9.70. The lowest BCUT2D eigenvalue weighted by Gasteiger charge is -2.19. The summed E-state index contributed by atoms with van der Waals surface area (Å²) in [5.74, 6) is 0.997. The average molecular weight is 417 g/mol. The van der Waals surface area contributed by atoms with Crippen molar-refractivity contribution in [2.24, 2.45) is 4.99 Å². The van der Waals surface area contributed by atoms with E-state index < -0.39 is 0 Å². The van der Waals surface area contributed by atoms with Gasteiger partial charge in [0.15, 0.2) is 0 Å². The van der Waals surface area contributed by atoms with Gasteiger partial charge in [-0.15, -0.1) is 0 Å². The number of nitrogens with zero attached hydrogens (tertiary/aromatic N) is 4. The first-order valence-electron chi connectivity index (χ1n) is 9.65. The molecule has 28 heavy (non-hydrogen) atoms. The second-order valence-electron chi connectivity index (χ2n) is 7.17. The smallest absolute Gasteiger partial charge is 0.218 e. The number of benzene rings is 1. The Morgan fingerprint density at radius 1 is 1.39 bits per heavy atom. The van der Waals surface area contributed by atoms with E-state index in [1.165, 1.54) is 30.8 Å². The molecule has 0 radical (unpaired) electrons. The number of hydrogen-bond donors (Lipinski definition) is 0. The molecule has 1 aliphatic rings. The molecule has 0 amide bonds. The molecule has 0 saturated heterocycles. The third kappa shape index (κ3) is 4.65. The van der Waals surface area contributed by atoms with Crippen molar-refractivity contribution >= 4 is 35.2 Å². The molecule has 0 N–H and O–H groups in total. The van der Waals surface area contributed by atoms with Gasteiger partial charge in [0.05, 0.1) is 22.7 Å². The summed E-state index contributed by atoms with van der Waals surface area (Å²) in [4.78, 5) is 6.41. The van der Waals surface area contributed by atoms with Crippen molar-refractivity contribution < 1.29 is 4.74 Å². The van der Waals surface area contributed by atoms with Crippen LogP contribution in [0.2, 0.25) is 5.02 Å². The molecule has 7 heteroatoms. The van der Waals surface area contributed by atoms with Crippen LogP contribution in [0.4, 0.5) is 5.69 Å². The molecule has 0 spiro atoms. The van der Waals surface area contributed by atoms with Crippen LogP contribution in [-0.4, -0.2) is 29.2 Å². The van der Waals surface area contributed by atoms with Crippen molar-refractivity contribution in [2.45, 2.75) is 51.9 Å². The molecule has 5 nitrogen and oxygen atoms in total. The Hall–Kier alpha value is -2.10. The summed E-state index contributed by atoms with van der Waals surface area (Å²) >= 11 is 7.66. The Kier molecular flexibility index (Phi) is 6.93. The van der Waals surface area contributed by atoms with Crippen LogP contribution in [-0.2, 0) is 0 Å². The quantitative estimate of drug-likeness (QED) is 0.402. The topological polar surface area (TPSA) is 61.5 Å². The first-order valence-corrected chi connectivity index (χ1v) is 10.8. The fourth-order valence-electron chi connectivity index (χ4n) is 3.31. The van der Waals surface area contributed by atoms with Crippen molar-refractivity contribution in [3.63, 3.8) is 0 Å². The zero-order valence-corrected chi connectivity index (χ0v) is 18.1. The van der Waals surface area contributed by atoms with Crippen molar-refractivity contribution in [3.05, 3.63) is 34.0 Å². The van der Waals surface area contributed by atoms with Gasteiger partial charge in [-0.05, 0) is 38.3 Å². The minimum absolute atomic E-state index is 0.369. The van der Waals surface area contributed by atoms with E-state index in [1.54, 1.807) is 12.4 Å². The predicted octanol–water partition coefficient (Wildman–Crippen LogP) is 6.43. The summed E-state index contributed by atoms with van der Waals surface area (Å²) < 4.78 is 10.6. The highest BCUT2D eigenvalue weighted by Gasteiger charge is 2.25. The van der Waals surface area contributed by atoms with Crippen LogP contribution < -0.4 is 4.74 Å². The van der Waals surface area contributed by atoms with Gasteiger partial charge in [0, 0.05) is 37.1 Å². The second kappa shape index (κ2) is 9.40. The lowest BCUT2D eigenvalue weighted by molar-refractivity contribution is 0.436. The maximum Gasteiger partial charge on any atom is 0.218 e. The van der Waals surface area contributed by atoms with Crippen LogP contribution in [0.15, 0.2) is 17.1 Å². The Balaban J connectivity index is 1.84. The van der Waals surface area contributed by atoms with Crippen molar-refractivity contribution in [1.82, 2.24) is 9.27 Å². The van der Waals surface area contributed by atoms with E-state index in [0.29, 0.717) is 33.0 Å². The number of aryl methyl sites for hydroxylation is 1. The third-order valence-corrected chi connectivity index (χ3v) is 6.17. The third-order valence-electron chi connectivity index (χ3n) is 5.13. The van der Waals surface area contributed by atoms with Gasteiger partial charge in [0.2, 0.25) is 5.06 Å². The van der Waals surface area contributed by atoms with Gasteiger partial charge >= 0.3 is 0 Å². The van der Waals surface area contributed by atoms with E-state index in [-0.39, 0.29) is 0 Å². The highest BCUT2D eigenvalue weighted by atomic mass is 35.5. The number of ether oxygens (including phenoxy) is 1. The molecule has 2 aromatic rings. The van der Waals surface area contributed by atoms with E-state index in [2.05, 4.69) is 22.4 Å².